The monoisotopic (exact) mass is 343 g/mol. The predicted octanol–water partition coefficient (Wildman–Crippen LogP) is 2.54. The third-order valence-electron chi connectivity index (χ3n) is 2.96. The molecule has 0 radical (unpaired) electrons. The van der Waals surface area contributed by atoms with Gasteiger partial charge in [0.15, 0.2) is 0 Å². The molecule has 9 heteroatoms. The zero-order chi connectivity index (χ0) is 14.2. The van der Waals surface area contributed by atoms with E-state index in [1.54, 1.807) is 0 Å². The smallest absolute Gasteiger partial charge is 0.303 e. The van der Waals surface area contributed by atoms with E-state index in [1.165, 1.54) is 10.4 Å². The van der Waals surface area contributed by atoms with E-state index >= 15 is 0 Å². The second-order valence-corrected chi connectivity index (χ2v) is 8.50. The zero-order valence-corrected chi connectivity index (χ0v) is 12.8. The SMILES string of the molecule is O=C(O)CC1CCN(S(=O)(=O)c2cc(Cl)sc2Cl)C1. The van der Waals surface area contributed by atoms with E-state index in [0.717, 1.165) is 11.3 Å². The maximum atomic E-state index is 12.3. The van der Waals surface area contributed by atoms with Crippen LogP contribution >= 0.6 is 34.5 Å². The van der Waals surface area contributed by atoms with Crippen molar-refractivity contribution in [2.24, 2.45) is 5.92 Å². The Kier molecular flexibility index (Phi) is 4.42. The highest BCUT2D eigenvalue weighted by Crippen LogP contribution is 2.37. The molecule has 1 fully saturated rings. The summed E-state index contributed by atoms with van der Waals surface area (Å²) in [7, 11) is -3.68. The summed E-state index contributed by atoms with van der Waals surface area (Å²) in [4.78, 5) is 10.6. The lowest BCUT2D eigenvalue weighted by Gasteiger charge is -2.15. The number of thiophene rings is 1. The van der Waals surface area contributed by atoms with Gasteiger partial charge in [0.05, 0.1) is 4.34 Å². The van der Waals surface area contributed by atoms with Gasteiger partial charge >= 0.3 is 5.97 Å². The average Bonchev–Trinajstić information content (AvgIpc) is 2.85. The lowest BCUT2D eigenvalue weighted by molar-refractivity contribution is -0.137. The van der Waals surface area contributed by atoms with Gasteiger partial charge in [-0.15, -0.1) is 11.3 Å². The molecule has 0 saturated carbocycles. The fourth-order valence-corrected chi connectivity index (χ4v) is 5.71. The molecule has 0 aliphatic carbocycles. The standard InChI is InChI=1S/C10H11Cl2NO4S2/c11-8-4-7(10(12)18-8)19(16,17)13-2-1-6(5-13)3-9(14)15/h4,6H,1-3,5H2,(H,14,15). The van der Waals surface area contributed by atoms with Crippen molar-refractivity contribution in [2.75, 3.05) is 13.1 Å². The van der Waals surface area contributed by atoms with Gasteiger partial charge in [-0.25, -0.2) is 8.42 Å². The molecule has 1 aromatic rings. The van der Waals surface area contributed by atoms with Crippen molar-refractivity contribution in [1.82, 2.24) is 4.31 Å². The lowest BCUT2D eigenvalue weighted by Crippen LogP contribution is -2.29. The Morgan fingerprint density at radius 1 is 1.53 bits per heavy atom. The van der Waals surface area contributed by atoms with Crippen molar-refractivity contribution < 1.29 is 18.3 Å². The summed E-state index contributed by atoms with van der Waals surface area (Å²) >= 11 is 12.6. The number of carbonyl (C=O) groups is 1. The van der Waals surface area contributed by atoms with Crippen molar-refractivity contribution in [1.29, 1.82) is 0 Å². The molecule has 2 heterocycles. The van der Waals surface area contributed by atoms with Crippen molar-refractivity contribution in [3.8, 4) is 0 Å². The Bertz CT molecular complexity index is 599. The van der Waals surface area contributed by atoms with Gasteiger partial charge in [0.25, 0.3) is 0 Å². The van der Waals surface area contributed by atoms with Gasteiger partial charge in [-0.05, 0) is 18.4 Å². The van der Waals surface area contributed by atoms with Crippen LogP contribution in [0.3, 0.4) is 0 Å². The summed E-state index contributed by atoms with van der Waals surface area (Å²) in [5, 5.41) is 8.72. The van der Waals surface area contributed by atoms with Crippen LogP contribution in [0.5, 0.6) is 0 Å². The van der Waals surface area contributed by atoms with Crippen LogP contribution in [0.15, 0.2) is 11.0 Å². The maximum Gasteiger partial charge on any atom is 0.303 e. The Morgan fingerprint density at radius 2 is 2.21 bits per heavy atom. The third kappa shape index (κ3) is 3.22. The molecule has 1 aromatic heterocycles. The van der Waals surface area contributed by atoms with Gasteiger partial charge < -0.3 is 5.11 Å². The van der Waals surface area contributed by atoms with E-state index in [9.17, 15) is 13.2 Å². The molecule has 0 amide bonds. The fraction of sp³-hybridized carbons (Fsp3) is 0.500. The molecule has 106 valence electrons. The fourth-order valence-electron chi connectivity index (χ4n) is 2.07. The van der Waals surface area contributed by atoms with E-state index in [4.69, 9.17) is 28.3 Å². The molecule has 0 aromatic carbocycles. The number of aliphatic carboxylic acids is 1. The van der Waals surface area contributed by atoms with E-state index in [-0.39, 0.29) is 28.1 Å². The minimum Gasteiger partial charge on any atom is -0.481 e. The highest BCUT2D eigenvalue weighted by atomic mass is 35.5. The summed E-state index contributed by atoms with van der Waals surface area (Å²) in [5.41, 5.74) is 0. The lowest BCUT2D eigenvalue weighted by atomic mass is 10.1. The first-order valence-electron chi connectivity index (χ1n) is 5.47. The van der Waals surface area contributed by atoms with Gasteiger partial charge in [-0.2, -0.15) is 4.31 Å². The predicted molar refractivity (Wildman–Crippen MR) is 73.5 cm³/mol. The van der Waals surface area contributed by atoms with Crippen LogP contribution in [0.1, 0.15) is 12.8 Å². The molecular weight excluding hydrogens is 333 g/mol. The molecule has 1 aliphatic rings. The summed E-state index contributed by atoms with van der Waals surface area (Å²) < 4.78 is 26.4. The minimum absolute atomic E-state index is 0.000131. The first kappa shape index (κ1) is 15.1. The number of hydrogen-bond donors (Lipinski definition) is 1. The van der Waals surface area contributed by atoms with Crippen LogP contribution in [0, 0.1) is 5.92 Å². The maximum absolute atomic E-state index is 12.3. The minimum atomic E-state index is -3.68. The van der Waals surface area contributed by atoms with Crippen LogP contribution in [0.4, 0.5) is 0 Å². The first-order valence-corrected chi connectivity index (χ1v) is 8.48. The van der Waals surface area contributed by atoms with E-state index in [0.29, 0.717) is 17.3 Å². The molecule has 0 spiro atoms. The normalized spacial score (nSPS) is 20.8. The topological polar surface area (TPSA) is 74.7 Å². The third-order valence-corrected chi connectivity index (χ3v) is 6.57. The summed E-state index contributed by atoms with van der Waals surface area (Å²) in [6, 6.07) is 1.33. The number of hydrogen-bond acceptors (Lipinski definition) is 4. The molecule has 2 rings (SSSR count). The van der Waals surface area contributed by atoms with E-state index < -0.39 is 16.0 Å². The van der Waals surface area contributed by atoms with E-state index in [2.05, 4.69) is 0 Å². The number of sulfonamides is 1. The Morgan fingerprint density at radius 3 is 2.74 bits per heavy atom. The van der Waals surface area contributed by atoms with Crippen LogP contribution in [-0.2, 0) is 14.8 Å². The van der Waals surface area contributed by atoms with Gasteiger partial charge in [-0.1, -0.05) is 23.2 Å². The molecule has 5 nitrogen and oxygen atoms in total. The van der Waals surface area contributed by atoms with Crippen molar-refractivity contribution in [3.05, 3.63) is 14.7 Å². The highest BCUT2D eigenvalue weighted by Gasteiger charge is 2.35. The number of halogens is 2. The van der Waals surface area contributed by atoms with Crippen LogP contribution in [0.2, 0.25) is 8.67 Å². The van der Waals surface area contributed by atoms with E-state index in [1.807, 2.05) is 0 Å². The number of nitrogens with zero attached hydrogens (tertiary/aromatic N) is 1. The number of rotatable bonds is 4. The second-order valence-electron chi connectivity index (χ2n) is 4.30. The Labute approximate surface area is 124 Å². The molecule has 1 saturated heterocycles. The van der Waals surface area contributed by atoms with Crippen LogP contribution < -0.4 is 0 Å². The quantitative estimate of drug-likeness (QED) is 0.911. The Hall–Kier alpha value is -0.340. The molecule has 1 aliphatic heterocycles. The molecule has 19 heavy (non-hydrogen) atoms. The van der Waals surface area contributed by atoms with Crippen molar-refractivity contribution in [3.63, 3.8) is 0 Å². The largest absolute Gasteiger partial charge is 0.481 e. The molecule has 1 atom stereocenters. The second kappa shape index (κ2) is 5.57. The first-order chi connectivity index (χ1) is 8.80. The summed E-state index contributed by atoms with van der Waals surface area (Å²) in [5.74, 6) is -1.07. The highest BCUT2D eigenvalue weighted by molar-refractivity contribution is 7.89. The molecular formula is C10H11Cl2NO4S2. The van der Waals surface area contributed by atoms with Gasteiger partial charge in [0.2, 0.25) is 10.0 Å². The number of carboxylic acid groups (broad SMARTS) is 1. The number of carboxylic acids is 1. The summed E-state index contributed by atoms with van der Waals surface area (Å²) in [6.07, 6.45) is 0.519. The van der Waals surface area contributed by atoms with Crippen molar-refractivity contribution >= 4 is 50.5 Å². The Balaban J connectivity index is 2.18. The summed E-state index contributed by atoms with van der Waals surface area (Å²) in [6.45, 7) is 0.516. The van der Waals surface area contributed by atoms with Crippen LogP contribution in [0.25, 0.3) is 0 Å². The molecule has 1 unspecified atom stereocenters. The van der Waals surface area contributed by atoms with Gasteiger partial charge in [0.1, 0.15) is 9.23 Å². The van der Waals surface area contributed by atoms with Gasteiger partial charge in [-0.3, -0.25) is 4.79 Å². The van der Waals surface area contributed by atoms with Gasteiger partial charge in [0, 0.05) is 19.5 Å². The molecule has 0 bridgehead atoms. The van der Waals surface area contributed by atoms with Crippen LogP contribution in [-0.4, -0.2) is 36.9 Å². The molecule has 1 N–H and O–H groups in total. The average molecular weight is 344 g/mol. The zero-order valence-electron chi connectivity index (χ0n) is 9.67. The van der Waals surface area contributed by atoms with Crippen molar-refractivity contribution in [2.45, 2.75) is 17.7 Å².